The van der Waals surface area contributed by atoms with Crippen molar-refractivity contribution in [2.24, 2.45) is 0 Å². The van der Waals surface area contributed by atoms with Crippen LogP contribution in [0.4, 0.5) is 0 Å². The summed E-state index contributed by atoms with van der Waals surface area (Å²) in [5.41, 5.74) is 1.06. The van der Waals surface area contributed by atoms with Crippen LogP contribution in [-0.4, -0.2) is 70.1 Å². The number of nitrogens with one attached hydrogen (secondary N) is 1. The van der Waals surface area contributed by atoms with E-state index < -0.39 is 0 Å². The van der Waals surface area contributed by atoms with Crippen LogP contribution in [0.25, 0.3) is 0 Å². The Morgan fingerprint density at radius 2 is 2.15 bits per heavy atom. The third kappa shape index (κ3) is 3.77. The molecule has 1 saturated heterocycles. The van der Waals surface area contributed by atoms with Crippen LogP contribution in [0.15, 0.2) is 6.20 Å². The predicted molar refractivity (Wildman–Crippen MR) is 78.4 cm³/mol. The molecule has 1 unspecified atom stereocenters. The first-order chi connectivity index (χ1) is 9.70. The molecular formula is C14H26N6. The van der Waals surface area contributed by atoms with Gasteiger partial charge in [-0.05, 0) is 26.8 Å². The minimum absolute atomic E-state index is 0.651. The lowest BCUT2D eigenvalue weighted by molar-refractivity contribution is 0.101. The standard InChI is InChI=1S/C14H26N6/c1-12-10-19(6-5-18(12)2)7-8-20-11-14(16-17-20)9-15-13-3-4-13/h11-13,15H,3-10H2,1-2H3. The number of hydrogen-bond acceptors (Lipinski definition) is 5. The molecule has 1 aromatic rings. The third-order valence-electron chi connectivity index (χ3n) is 4.42. The first-order valence-electron chi connectivity index (χ1n) is 7.75. The molecule has 1 aromatic heterocycles. The second-order valence-electron chi connectivity index (χ2n) is 6.26. The maximum Gasteiger partial charge on any atom is 0.0964 e. The van der Waals surface area contributed by atoms with E-state index in [9.17, 15) is 0 Å². The van der Waals surface area contributed by atoms with Crippen LogP contribution in [0.3, 0.4) is 0 Å². The molecule has 0 bridgehead atoms. The molecule has 1 atom stereocenters. The van der Waals surface area contributed by atoms with Crippen LogP contribution in [0.2, 0.25) is 0 Å². The zero-order chi connectivity index (χ0) is 13.9. The Labute approximate surface area is 121 Å². The minimum Gasteiger partial charge on any atom is -0.308 e. The van der Waals surface area contributed by atoms with Crippen molar-refractivity contribution < 1.29 is 0 Å². The van der Waals surface area contributed by atoms with Gasteiger partial charge in [0.15, 0.2) is 0 Å². The van der Waals surface area contributed by atoms with Crippen molar-refractivity contribution in [3.8, 4) is 0 Å². The SMILES string of the molecule is CC1CN(CCn2cc(CNC3CC3)nn2)CCN1C. The summed E-state index contributed by atoms with van der Waals surface area (Å²) >= 11 is 0. The fourth-order valence-electron chi connectivity index (χ4n) is 2.64. The lowest BCUT2D eigenvalue weighted by atomic mass is 10.2. The molecule has 1 N–H and O–H groups in total. The summed E-state index contributed by atoms with van der Waals surface area (Å²) < 4.78 is 1.98. The van der Waals surface area contributed by atoms with Gasteiger partial charge < -0.3 is 10.2 Å². The maximum absolute atomic E-state index is 4.23. The van der Waals surface area contributed by atoms with Crippen molar-refractivity contribution in [2.75, 3.05) is 33.2 Å². The van der Waals surface area contributed by atoms with Crippen molar-refractivity contribution >= 4 is 0 Å². The Bertz CT molecular complexity index is 427. The van der Waals surface area contributed by atoms with Crippen molar-refractivity contribution in [2.45, 2.75) is 44.9 Å². The first-order valence-corrected chi connectivity index (χ1v) is 7.75. The van der Waals surface area contributed by atoms with Crippen LogP contribution < -0.4 is 5.32 Å². The van der Waals surface area contributed by atoms with Crippen molar-refractivity contribution in [3.05, 3.63) is 11.9 Å². The highest BCUT2D eigenvalue weighted by Crippen LogP contribution is 2.18. The van der Waals surface area contributed by atoms with E-state index in [-0.39, 0.29) is 0 Å². The average molecular weight is 278 g/mol. The topological polar surface area (TPSA) is 49.2 Å². The fourth-order valence-corrected chi connectivity index (χ4v) is 2.64. The Balaban J connectivity index is 1.41. The number of nitrogens with zero attached hydrogens (tertiary/aromatic N) is 5. The molecule has 0 amide bonds. The van der Waals surface area contributed by atoms with Gasteiger partial charge in [-0.3, -0.25) is 9.58 Å². The van der Waals surface area contributed by atoms with Gasteiger partial charge in [0, 0.05) is 51.0 Å². The quantitative estimate of drug-likeness (QED) is 0.804. The van der Waals surface area contributed by atoms with Crippen LogP contribution in [0, 0.1) is 0 Å². The molecule has 1 aliphatic heterocycles. The predicted octanol–water partition coefficient (Wildman–Crippen LogP) is 0.166. The monoisotopic (exact) mass is 278 g/mol. The summed E-state index contributed by atoms with van der Waals surface area (Å²) in [4.78, 5) is 4.95. The first kappa shape index (κ1) is 14.0. The van der Waals surface area contributed by atoms with Crippen LogP contribution >= 0.6 is 0 Å². The second kappa shape index (κ2) is 6.20. The molecule has 1 aliphatic carbocycles. The molecule has 0 spiro atoms. The van der Waals surface area contributed by atoms with Crippen molar-refractivity contribution in [1.29, 1.82) is 0 Å². The molecular weight excluding hydrogens is 252 g/mol. The van der Waals surface area contributed by atoms with E-state index in [0.717, 1.165) is 51.0 Å². The van der Waals surface area contributed by atoms with E-state index in [1.165, 1.54) is 12.8 Å². The smallest absolute Gasteiger partial charge is 0.0964 e. The van der Waals surface area contributed by atoms with Gasteiger partial charge in [0.05, 0.1) is 12.2 Å². The van der Waals surface area contributed by atoms with Crippen LogP contribution in [0.5, 0.6) is 0 Å². The van der Waals surface area contributed by atoms with E-state index in [1.807, 2.05) is 4.68 Å². The Morgan fingerprint density at radius 1 is 1.30 bits per heavy atom. The molecule has 2 aliphatic rings. The van der Waals surface area contributed by atoms with Gasteiger partial charge in [-0.15, -0.1) is 5.10 Å². The van der Waals surface area contributed by atoms with Crippen molar-refractivity contribution in [1.82, 2.24) is 30.1 Å². The Morgan fingerprint density at radius 3 is 2.90 bits per heavy atom. The molecule has 112 valence electrons. The normalized spacial score (nSPS) is 25.2. The lowest BCUT2D eigenvalue weighted by Gasteiger charge is -2.37. The number of rotatable bonds is 6. The van der Waals surface area contributed by atoms with Crippen LogP contribution in [0.1, 0.15) is 25.5 Å². The summed E-state index contributed by atoms with van der Waals surface area (Å²) in [6.07, 6.45) is 4.71. The molecule has 0 aromatic carbocycles. The minimum atomic E-state index is 0.651. The molecule has 6 nitrogen and oxygen atoms in total. The third-order valence-corrected chi connectivity index (χ3v) is 4.42. The van der Waals surface area contributed by atoms with E-state index in [4.69, 9.17) is 0 Å². The summed E-state index contributed by atoms with van der Waals surface area (Å²) in [6, 6.07) is 1.38. The van der Waals surface area contributed by atoms with Crippen molar-refractivity contribution in [3.63, 3.8) is 0 Å². The summed E-state index contributed by atoms with van der Waals surface area (Å²) in [5.74, 6) is 0. The molecule has 20 heavy (non-hydrogen) atoms. The summed E-state index contributed by atoms with van der Waals surface area (Å²) in [6.45, 7) is 8.63. The lowest BCUT2D eigenvalue weighted by Crippen LogP contribution is -2.50. The number of aromatic nitrogens is 3. The van der Waals surface area contributed by atoms with E-state index in [1.54, 1.807) is 0 Å². The van der Waals surface area contributed by atoms with Gasteiger partial charge in [0.2, 0.25) is 0 Å². The van der Waals surface area contributed by atoms with Gasteiger partial charge >= 0.3 is 0 Å². The van der Waals surface area contributed by atoms with Gasteiger partial charge in [-0.1, -0.05) is 5.21 Å². The second-order valence-corrected chi connectivity index (χ2v) is 6.26. The van der Waals surface area contributed by atoms with Crippen LogP contribution in [-0.2, 0) is 13.1 Å². The molecule has 2 fully saturated rings. The largest absolute Gasteiger partial charge is 0.308 e. The maximum atomic E-state index is 4.23. The number of hydrogen-bond donors (Lipinski definition) is 1. The molecule has 3 rings (SSSR count). The fraction of sp³-hybridized carbons (Fsp3) is 0.857. The summed E-state index contributed by atoms with van der Waals surface area (Å²) in [5, 5.41) is 11.9. The van der Waals surface area contributed by atoms with E-state index in [2.05, 4.69) is 45.6 Å². The summed E-state index contributed by atoms with van der Waals surface area (Å²) in [7, 11) is 2.21. The van der Waals surface area contributed by atoms with E-state index in [0.29, 0.717) is 6.04 Å². The Kier molecular flexibility index (Phi) is 4.33. The van der Waals surface area contributed by atoms with Gasteiger partial charge in [-0.2, -0.15) is 0 Å². The number of piperazine rings is 1. The molecule has 6 heteroatoms. The highest BCUT2D eigenvalue weighted by molar-refractivity contribution is 4.94. The average Bonchev–Trinajstić information content (AvgIpc) is 3.16. The molecule has 1 saturated carbocycles. The van der Waals surface area contributed by atoms with Gasteiger partial charge in [-0.25, -0.2) is 0 Å². The molecule has 2 heterocycles. The highest BCUT2D eigenvalue weighted by atomic mass is 15.4. The van der Waals surface area contributed by atoms with E-state index >= 15 is 0 Å². The zero-order valence-electron chi connectivity index (χ0n) is 12.6. The molecule has 0 radical (unpaired) electrons. The van der Waals surface area contributed by atoms with Gasteiger partial charge in [0.25, 0.3) is 0 Å². The highest BCUT2D eigenvalue weighted by Gasteiger charge is 2.21. The number of likely N-dealkylation sites (N-methyl/N-ethyl adjacent to an activating group) is 1. The van der Waals surface area contributed by atoms with Gasteiger partial charge in [0.1, 0.15) is 0 Å². The Hall–Kier alpha value is -0.980. The zero-order valence-corrected chi connectivity index (χ0v) is 12.6.